The van der Waals surface area contributed by atoms with Crippen molar-refractivity contribution < 1.29 is 0 Å². The molecule has 2 aromatic rings. The second kappa shape index (κ2) is 4.02. The summed E-state index contributed by atoms with van der Waals surface area (Å²) in [5.41, 5.74) is 2.26. The highest BCUT2D eigenvalue weighted by molar-refractivity contribution is 5.80. The van der Waals surface area contributed by atoms with E-state index in [0.717, 1.165) is 11.5 Å². The first-order chi connectivity index (χ1) is 8.74. The highest BCUT2D eigenvalue weighted by Crippen LogP contribution is 2.37. The van der Waals surface area contributed by atoms with Gasteiger partial charge < -0.3 is 9.47 Å². The van der Waals surface area contributed by atoms with E-state index in [4.69, 9.17) is 4.98 Å². The van der Waals surface area contributed by atoms with Gasteiger partial charge in [-0.2, -0.15) is 0 Å². The van der Waals surface area contributed by atoms with Gasteiger partial charge in [0, 0.05) is 7.05 Å². The molecule has 2 atom stereocenters. The number of fused-ring (bicyclic) bond motifs is 3. The van der Waals surface area contributed by atoms with E-state index in [1.54, 1.807) is 0 Å². The predicted octanol–water partition coefficient (Wildman–Crippen LogP) is 3.16. The molecule has 0 N–H and O–H groups in total. The SMILES string of the molecule is C=C/C=C\C1C(C)N(C)c2nc3ccccc3n21. The summed E-state index contributed by atoms with van der Waals surface area (Å²) in [6.45, 7) is 5.97. The molecule has 1 aromatic heterocycles. The van der Waals surface area contributed by atoms with E-state index < -0.39 is 0 Å². The van der Waals surface area contributed by atoms with Gasteiger partial charge in [0.1, 0.15) is 0 Å². The van der Waals surface area contributed by atoms with Gasteiger partial charge >= 0.3 is 0 Å². The minimum atomic E-state index is 0.315. The summed E-state index contributed by atoms with van der Waals surface area (Å²) in [5, 5.41) is 0. The number of imidazole rings is 1. The van der Waals surface area contributed by atoms with Gasteiger partial charge in [0.05, 0.1) is 23.1 Å². The van der Waals surface area contributed by atoms with Gasteiger partial charge in [-0.05, 0) is 19.1 Å². The molecule has 1 aromatic carbocycles. The lowest BCUT2D eigenvalue weighted by atomic mass is 10.1. The Balaban J connectivity index is 2.22. The minimum absolute atomic E-state index is 0.315. The molecule has 0 saturated heterocycles. The molecule has 2 heterocycles. The molecule has 3 rings (SSSR count). The lowest BCUT2D eigenvalue weighted by Crippen LogP contribution is -2.27. The number of likely N-dealkylation sites (N-methyl/N-ethyl adjacent to an activating group) is 1. The summed E-state index contributed by atoms with van der Waals surface area (Å²) in [4.78, 5) is 6.95. The molecule has 0 amide bonds. The second-order valence-electron chi connectivity index (χ2n) is 4.73. The molecule has 18 heavy (non-hydrogen) atoms. The monoisotopic (exact) mass is 239 g/mol. The van der Waals surface area contributed by atoms with Crippen molar-refractivity contribution in [1.29, 1.82) is 0 Å². The molecule has 3 heteroatoms. The Labute approximate surface area is 107 Å². The van der Waals surface area contributed by atoms with Gasteiger partial charge in [-0.15, -0.1) is 0 Å². The van der Waals surface area contributed by atoms with Crippen molar-refractivity contribution in [1.82, 2.24) is 9.55 Å². The Morgan fingerprint density at radius 2 is 2.11 bits per heavy atom. The van der Waals surface area contributed by atoms with Crippen LogP contribution in [0.5, 0.6) is 0 Å². The van der Waals surface area contributed by atoms with E-state index in [2.05, 4.69) is 54.3 Å². The zero-order valence-corrected chi connectivity index (χ0v) is 10.7. The lowest BCUT2D eigenvalue weighted by molar-refractivity contribution is 0.580. The maximum atomic E-state index is 4.71. The summed E-state index contributed by atoms with van der Waals surface area (Å²) in [7, 11) is 2.10. The molecule has 0 fully saturated rings. The number of hydrogen-bond acceptors (Lipinski definition) is 2. The molecular weight excluding hydrogens is 222 g/mol. The van der Waals surface area contributed by atoms with Crippen molar-refractivity contribution in [2.45, 2.75) is 19.0 Å². The first-order valence-electron chi connectivity index (χ1n) is 6.23. The van der Waals surface area contributed by atoms with Crippen LogP contribution < -0.4 is 4.90 Å². The molecule has 2 unspecified atom stereocenters. The predicted molar refractivity (Wildman–Crippen MR) is 76.0 cm³/mol. The van der Waals surface area contributed by atoms with Crippen molar-refractivity contribution in [2.24, 2.45) is 0 Å². The molecule has 0 radical (unpaired) electrons. The fourth-order valence-electron chi connectivity index (χ4n) is 2.64. The van der Waals surface area contributed by atoms with Crippen molar-refractivity contribution in [3.63, 3.8) is 0 Å². The average Bonchev–Trinajstić information content (AvgIpc) is 2.87. The molecular formula is C15H17N3. The third kappa shape index (κ3) is 1.40. The van der Waals surface area contributed by atoms with Gasteiger partial charge in [0.15, 0.2) is 0 Å². The van der Waals surface area contributed by atoms with E-state index >= 15 is 0 Å². The first-order valence-corrected chi connectivity index (χ1v) is 6.23. The normalized spacial score (nSPS) is 22.9. The highest BCUT2D eigenvalue weighted by Gasteiger charge is 2.34. The maximum absolute atomic E-state index is 4.71. The van der Waals surface area contributed by atoms with Crippen LogP contribution in [-0.2, 0) is 0 Å². The fraction of sp³-hybridized carbons (Fsp3) is 0.267. The van der Waals surface area contributed by atoms with E-state index in [0.29, 0.717) is 12.1 Å². The lowest BCUT2D eigenvalue weighted by Gasteiger charge is -2.19. The van der Waals surface area contributed by atoms with Gasteiger partial charge in [0.2, 0.25) is 5.95 Å². The zero-order chi connectivity index (χ0) is 12.7. The number of benzene rings is 1. The smallest absolute Gasteiger partial charge is 0.207 e. The van der Waals surface area contributed by atoms with Gasteiger partial charge in [-0.25, -0.2) is 4.98 Å². The van der Waals surface area contributed by atoms with Crippen LogP contribution in [0.3, 0.4) is 0 Å². The summed E-state index contributed by atoms with van der Waals surface area (Å²) in [6, 6.07) is 9.01. The average molecular weight is 239 g/mol. The standard InChI is InChI=1S/C15H17N3/c1-4-5-9-13-11(2)17(3)15-16-12-8-6-7-10-14(12)18(13)15/h4-11,13H,1H2,2-3H3/b9-5-. The minimum Gasteiger partial charge on any atom is -0.340 e. The summed E-state index contributed by atoms with van der Waals surface area (Å²) < 4.78 is 2.31. The molecule has 0 bridgehead atoms. The van der Waals surface area contributed by atoms with Crippen LogP contribution in [0.1, 0.15) is 13.0 Å². The van der Waals surface area contributed by atoms with Gasteiger partial charge in [0.25, 0.3) is 0 Å². The largest absolute Gasteiger partial charge is 0.340 e. The molecule has 1 aliphatic heterocycles. The number of allylic oxidation sites excluding steroid dienone is 2. The zero-order valence-electron chi connectivity index (χ0n) is 10.7. The number of para-hydroxylation sites is 2. The van der Waals surface area contributed by atoms with Crippen LogP contribution in [0.15, 0.2) is 49.1 Å². The quantitative estimate of drug-likeness (QED) is 0.751. The Morgan fingerprint density at radius 3 is 2.89 bits per heavy atom. The van der Waals surface area contributed by atoms with Crippen molar-refractivity contribution >= 4 is 17.0 Å². The first kappa shape index (κ1) is 11.1. The number of aromatic nitrogens is 2. The molecule has 0 saturated carbocycles. The molecule has 0 spiro atoms. The fourth-order valence-corrected chi connectivity index (χ4v) is 2.64. The third-order valence-corrected chi connectivity index (χ3v) is 3.74. The molecule has 0 aliphatic carbocycles. The highest BCUT2D eigenvalue weighted by atomic mass is 15.4. The van der Waals surface area contributed by atoms with Gasteiger partial charge in [-0.1, -0.05) is 36.9 Å². The second-order valence-corrected chi connectivity index (χ2v) is 4.73. The van der Waals surface area contributed by atoms with Gasteiger partial charge in [-0.3, -0.25) is 0 Å². The van der Waals surface area contributed by atoms with Crippen LogP contribution in [-0.4, -0.2) is 22.6 Å². The summed E-state index contributed by atoms with van der Waals surface area (Å²) in [6.07, 6.45) is 6.03. The Kier molecular flexibility index (Phi) is 2.47. The summed E-state index contributed by atoms with van der Waals surface area (Å²) in [5.74, 6) is 1.04. The van der Waals surface area contributed by atoms with Crippen LogP contribution >= 0.6 is 0 Å². The maximum Gasteiger partial charge on any atom is 0.207 e. The number of hydrogen-bond donors (Lipinski definition) is 0. The number of nitrogens with zero attached hydrogens (tertiary/aromatic N) is 3. The van der Waals surface area contributed by atoms with E-state index in [9.17, 15) is 0 Å². The third-order valence-electron chi connectivity index (χ3n) is 3.74. The van der Waals surface area contributed by atoms with Crippen LogP contribution in [0.2, 0.25) is 0 Å². The van der Waals surface area contributed by atoms with E-state index in [1.807, 2.05) is 18.2 Å². The van der Waals surface area contributed by atoms with Crippen molar-refractivity contribution in [3.8, 4) is 0 Å². The van der Waals surface area contributed by atoms with Crippen LogP contribution in [0, 0.1) is 0 Å². The molecule has 1 aliphatic rings. The topological polar surface area (TPSA) is 21.1 Å². The van der Waals surface area contributed by atoms with Crippen LogP contribution in [0.25, 0.3) is 11.0 Å². The van der Waals surface area contributed by atoms with Crippen LogP contribution in [0.4, 0.5) is 5.95 Å². The Bertz CT molecular complexity index is 624. The Hall–Kier alpha value is -2.03. The summed E-state index contributed by atoms with van der Waals surface area (Å²) >= 11 is 0. The van der Waals surface area contributed by atoms with E-state index in [-0.39, 0.29) is 0 Å². The molecule has 3 nitrogen and oxygen atoms in total. The van der Waals surface area contributed by atoms with Crippen molar-refractivity contribution in [2.75, 3.05) is 11.9 Å². The Morgan fingerprint density at radius 1 is 1.33 bits per heavy atom. The number of anilines is 1. The van der Waals surface area contributed by atoms with E-state index in [1.165, 1.54) is 5.52 Å². The molecule has 92 valence electrons. The number of rotatable bonds is 2. The van der Waals surface area contributed by atoms with Crippen molar-refractivity contribution in [3.05, 3.63) is 49.1 Å².